The number of para-hydroxylation sites is 1. The Kier molecular flexibility index (Phi) is 5.99. The van der Waals surface area contributed by atoms with Crippen molar-refractivity contribution in [2.75, 3.05) is 13.7 Å². The van der Waals surface area contributed by atoms with Crippen molar-refractivity contribution in [3.05, 3.63) is 63.0 Å². The first-order valence-corrected chi connectivity index (χ1v) is 8.03. The van der Waals surface area contributed by atoms with Gasteiger partial charge in [-0.25, -0.2) is 4.39 Å². The van der Waals surface area contributed by atoms with E-state index in [1.165, 1.54) is 6.07 Å². The monoisotopic (exact) mass is 399 g/mol. The number of halogens is 2. The highest BCUT2D eigenvalue weighted by atomic mass is 127. The molecule has 2 rings (SSSR count). The minimum atomic E-state index is -0.198. The third-order valence-electron chi connectivity index (χ3n) is 3.40. The van der Waals surface area contributed by atoms with Crippen LogP contribution in [0.25, 0.3) is 0 Å². The maximum Gasteiger partial charge on any atom is 0.124 e. The fourth-order valence-corrected chi connectivity index (χ4v) is 3.27. The molecule has 0 amide bonds. The number of nitrogens with one attached hydrogen (secondary N) is 1. The molecule has 0 heterocycles. The van der Waals surface area contributed by atoms with E-state index in [1.807, 2.05) is 24.3 Å². The van der Waals surface area contributed by atoms with Crippen LogP contribution in [0.1, 0.15) is 24.1 Å². The summed E-state index contributed by atoms with van der Waals surface area (Å²) >= 11 is 2.19. The van der Waals surface area contributed by atoms with Gasteiger partial charge in [-0.15, -0.1) is 0 Å². The lowest BCUT2D eigenvalue weighted by atomic mass is 9.98. The smallest absolute Gasteiger partial charge is 0.124 e. The number of ether oxygens (including phenoxy) is 1. The zero-order valence-corrected chi connectivity index (χ0v) is 14.4. The summed E-state index contributed by atoms with van der Waals surface area (Å²) < 4.78 is 19.7. The summed E-state index contributed by atoms with van der Waals surface area (Å²) in [5.41, 5.74) is 2.26. The third-order valence-corrected chi connectivity index (χ3v) is 4.34. The van der Waals surface area contributed by atoms with Gasteiger partial charge >= 0.3 is 0 Å². The van der Waals surface area contributed by atoms with Crippen molar-refractivity contribution in [3.63, 3.8) is 0 Å². The number of hydrogen-bond acceptors (Lipinski definition) is 2. The normalized spacial score (nSPS) is 12.2. The van der Waals surface area contributed by atoms with Crippen molar-refractivity contribution >= 4 is 22.6 Å². The van der Waals surface area contributed by atoms with Crippen molar-refractivity contribution in [2.24, 2.45) is 0 Å². The minimum absolute atomic E-state index is 0.138. The number of likely N-dealkylation sites (N-methyl/N-ethyl adjacent to an activating group) is 1. The first-order valence-electron chi connectivity index (χ1n) is 6.96. The Morgan fingerprint density at radius 2 is 2.00 bits per heavy atom. The second-order valence-corrected chi connectivity index (χ2v) is 5.95. The number of methoxy groups -OCH3 is 1. The Bertz CT molecular complexity index is 603. The van der Waals surface area contributed by atoms with E-state index >= 15 is 0 Å². The maximum atomic E-state index is 13.3. The molecule has 0 aromatic heterocycles. The Hall–Kier alpha value is -1.14. The van der Waals surface area contributed by atoms with E-state index in [0.717, 1.165) is 33.4 Å². The Labute approximate surface area is 138 Å². The summed E-state index contributed by atoms with van der Waals surface area (Å²) in [5, 5.41) is 3.48. The summed E-state index contributed by atoms with van der Waals surface area (Å²) in [6, 6.07) is 13.1. The number of hydrogen-bond donors (Lipinski definition) is 1. The molecule has 2 aromatic rings. The van der Waals surface area contributed by atoms with Crippen molar-refractivity contribution in [3.8, 4) is 5.75 Å². The Morgan fingerprint density at radius 1 is 1.24 bits per heavy atom. The highest BCUT2D eigenvalue weighted by Gasteiger charge is 2.16. The molecule has 1 atom stereocenters. The minimum Gasteiger partial charge on any atom is -0.496 e. The standard InChI is InChI=1S/C17H19FINO/c1-3-20-16(14-9-8-13(18)11-15(14)19)10-12-6-4-5-7-17(12)21-2/h4-9,11,16,20H,3,10H2,1-2H3. The van der Waals surface area contributed by atoms with Gasteiger partial charge in [0.1, 0.15) is 11.6 Å². The average molecular weight is 399 g/mol. The van der Waals surface area contributed by atoms with E-state index in [-0.39, 0.29) is 11.9 Å². The maximum absolute atomic E-state index is 13.3. The molecule has 0 spiro atoms. The van der Waals surface area contributed by atoms with Crippen LogP contribution in [0.3, 0.4) is 0 Å². The van der Waals surface area contributed by atoms with Crippen molar-refractivity contribution in [2.45, 2.75) is 19.4 Å². The van der Waals surface area contributed by atoms with E-state index in [9.17, 15) is 4.39 Å². The second kappa shape index (κ2) is 7.75. The van der Waals surface area contributed by atoms with E-state index in [2.05, 4.69) is 40.9 Å². The molecule has 0 aliphatic heterocycles. The van der Waals surface area contributed by atoms with Crippen molar-refractivity contribution < 1.29 is 9.13 Å². The highest BCUT2D eigenvalue weighted by Crippen LogP contribution is 2.28. The van der Waals surface area contributed by atoms with E-state index in [0.29, 0.717) is 0 Å². The molecule has 4 heteroatoms. The summed E-state index contributed by atoms with van der Waals surface area (Å²) in [7, 11) is 1.68. The van der Waals surface area contributed by atoms with Gasteiger partial charge < -0.3 is 10.1 Å². The topological polar surface area (TPSA) is 21.3 Å². The van der Waals surface area contributed by atoms with Crippen LogP contribution in [-0.2, 0) is 6.42 Å². The van der Waals surface area contributed by atoms with Gasteiger partial charge in [0.25, 0.3) is 0 Å². The van der Waals surface area contributed by atoms with Crippen LogP contribution in [0.4, 0.5) is 4.39 Å². The molecule has 0 saturated heterocycles. The van der Waals surface area contributed by atoms with Gasteiger partial charge in [-0.2, -0.15) is 0 Å². The first-order chi connectivity index (χ1) is 10.2. The molecule has 21 heavy (non-hydrogen) atoms. The van der Waals surface area contributed by atoms with Gasteiger partial charge in [0.05, 0.1) is 7.11 Å². The Balaban J connectivity index is 2.30. The molecule has 0 fully saturated rings. The van der Waals surface area contributed by atoms with Gasteiger partial charge in [0.15, 0.2) is 0 Å². The van der Waals surface area contributed by atoms with Crippen LogP contribution in [-0.4, -0.2) is 13.7 Å². The zero-order chi connectivity index (χ0) is 15.2. The quantitative estimate of drug-likeness (QED) is 0.731. The van der Waals surface area contributed by atoms with Crippen molar-refractivity contribution in [1.82, 2.24) is 5.32 Å². The van der Waals surface area contributed by atoms with Gasteiger partial charge in [-0.05, 0) is 64.9 Å². The van der Waals surface area contributed by atoms with Crippen LogP contribution in [0.5, 0.6) is 5.75 Å². The highest BCUT2D eigenvalue weighted by molar-refractivity contribution is 14.1. The van der Waals surface area contributed by atoms with Crippen LogP contribution in [0.2, 0.25) is 0 Å². The van der Waals surface area contributed by atoms with Crippen LogP contribution in [0, 0.1) is 9.39 Å². The molecular formula is C17H19FINO. The molecular weight excluding hydrogens is 380 g/mol. The molecule has 0 aliphatic carbocycles. The largest absolute Gasteiger partial charge is 0.496 e. The second-order valence-electron chi connectivity index (χ2n) is 4.79. The molecule has 1 unspecified atom stereocenters. The summed E-state index contributed by atoms with van der Waals surface area (Å²) in [5.74, 6) is 0.688. The molecule has 1 N–H and O–H groups in total. The van der Waals surface area contributed by atoms with Gasteiger partial charge in [0, 0.05) is 9.61 Å². The van der Waals surface area contributed by atoms with Crippen LogP contribution in [0.15, 0.2) is 42.5 Å². The molecule has 0 aliphatic rings. The van der Waals surface area contributed by atoms with Crippen LogP contribution < -0.4 is 10.1 Å². The SMILES string of the molecule is CCNC(Cc1ccccc1OC)c1ccc(F)cc1I. The summed E-state index contributed by atoms with van der Waals surface area (Å²) in [6.45, 7) is 2.93. The van der Waals surface area contributed by atoms with Crippen molar-refractivity contribution in [1.29, 1.82) is 0 Å². The Morgan fingerprint density at radius 3 is 2.67 bits per heavy atom. The fraction of sp³-hybridized carbons (Fsp3) is 0.294. The van der Waals surface area contributed by atoms with Gasteiger partial charge in [-0.3, -0.25) is 0 Å². The van der Waals surface area contributed by atoms with Crippen LogP contribution >= 0.6 is 22.6 Å². The summed E-state index contributed by atoms with van der Waals surface area (Å²) in [4.78, 5) is 0. The lowest BCUT2D eigenvalue weighted by Gasteiger charge is -2.21. The van der Waals surface area contributed by atoms with E-state index in [4.69, 9.17) is 4.74 Å². The molecule has 0 saturated carbocycles. The average Bonchev–Trinajstić information content (AvgIpc) is 2.47. The number of rotatable bonds is 6. The molecule has 0 radical (unpaired) electrons. The van der Waals surface area contributed by atoms with E-state index < -0.39 is 0 Å². The van der Waals surface area contributed by atoms with E-state index in [1.54, 1.807) is 13.2 Å². The third kappa shape index (κ3) is 4.17. The first kappa shape index (κ1) is 16.2. The zero-order valence-electron chi connectivity index (χ0n) is 12.2. The molecule has 2 nitrogen and oxygen atoms in total. The molecule has 0 bridgehead atoms. The lowest BCUT2D eigenvalue weighted by Crippen LogP contribution is -2.24. The number of benzene rings is 2. The molecule has 112 valence electrons. The molecule has 2 aromatic carbocycles. The predicted molar refractivity (Wildman–Crippen MR) is 92.2 cm³/mol. The fourth-order valence-electron chi connectivity index (χ4n) is 2.41. The lowest BCUT2D eigenvalue weighted by molar-refractivity contribution is 0.405. The van der Waals surface area contributed by atoms with Gasteiger partial charge in [0.2, 0.25) is 0 Å². The summed E-state index contributed by atoms with van der Waals surface area (Å²) in [6.07, 6.45) is 0.805. The predicted octanol–water partition coefficient (Wildman–Crippen LogP) is 4.33. The van der Waals surface area contributed by atoms with Gasteiger partial charge in [-0.1, -0.05) is 31.2 Å².